The fraction of sp³-hybridized carbons (Fsp3) is 0.273. The Kier molecular flexibility index (Phi) is 5.52. The van der Waals surface area contributed by atoms with E-state index in [0.717, 1.165) is 35.6 Å². The van der Waals surface area contributed by atoms with Gasteiger partial charge in [0.05, 0.1) is 16.3 Å². The Morgan fingerprint density at radius 1 is 1.00 bits per heavy atom. The van der Waals surface area contributed by atoms with E-state index in [1.807, 2.05) is 0 Å². The van der Waals surface area contributed by atoms with Crippen molar-refractivity contribution in [2.24, 2.45) is 0 Å². The highest BCUT2D eigenvalue weighted by Gasteiger charge is 2.28. The highest BCUT2D eigenvalue weighted by molar-refractivity contribution is 7.98. The second-order valence-corrected chi connectivity index (χ2v) is 10.7. The van der Waals surface area contributed by atoms with Gasteiger partial charge in [0.25, 0.3) is 5.91 Å². The van der Waals surface area contributed by atoms with Gasteiger partial charge in [-0.1, -0.05) is 0 Å². The Balaban J connectivity index is 1.41. The van der Waals surface area contributed by atoms with E-state index in [0.29, 0.717) is 30.2 Å². The highest BCUT2D eigenvalue weighted by Crippen LogP contribution is 2.36. The molecule has 0 unspecified atom stereocenters. The van der Waals surface area contributed by atoms with Crippen LogP contribution in [0, 0.1) is 5.82 Å². The number of carbonyl (C=O) groups is 1. The predicted molar refractivity (Wildman–Crippen MR) is 121 cm³/mol. The highest BCUT2D eigenvalue weighted by atomic mass is 32.2. The number of rotatable bonds is 5. The standard InChI is InChI=1S/C22H21FN4O3S2/c23-16-5-7-17(8-6-16)27-21(19-13-31-14-20(19)25-27)24-22(28)15-3-9-18(10-4-15)32(29,30)26-11-1-2-12-26/h3-10H,1-2,11-14H2,(H,24,28). The van der Waals surface area contributed by atoms with Crippen molar-refractivity contribution < 1.29 is 17.6 Å². The summed E-state index contributed by atoms with van der Waals surface area (Å²) in [5.74, 6) is 1.31. The van der Waals surface area contributed by atoms with Crippen LogP contribution in [0.5, 0.6) is 0 Å². The minimum absolute atomic E-state index is 0.185. The molecule has 0 aliphatic carbocycles. The second-order valence-electron chi connectivity index (χ2n) is 7.74. The molecule has 10 heteroatoms. The largest absolute Gasteiger partial charge is 0.306 e. The fourth-order valence-corrected chi connectivity index (χ4v) is 6.50. The van der Waals surface area contributed by atoms with Gasteiger partial charge in [-0.25, -0.2) is 17.5 Å². The monoisotopic (exact) mass is 472 g/mol. The van der Waals surface area contributed by atoms with Gasteiger partial charge in [0.1, 0.15) is 11.6 Å². The Morgan fingerprint density at radius 2 is 1.69 bits per heavy atom. The zero-order chi connectivity index (χ0) is 22.3. The number of benzene rings is 2. The topological polar surface area (TPSA) is 84.3 Å². The molecule has 1 N–H and O–H groups in total. The summed E-state index contributed by atoms with van der Waals surface area (Å²) in [5.41, 5.74) is 2.83. The Morgan fingerprint density at radius 3 is 2.38 bits per heavy atom. The first kappa shape index (κ1) is 21.2. The molecule has 0 radical (unpaired) electrons. The summed E-state index contributed by atoms with van der Waals surface area (Å²) in [6, 6.07) is 11.9. The average molecular weight is 473 g/mol. The predicted octanol–water partition coefficient (Wildman–Crippen LogP) is 3.80. The molecule has 5 rings (SSSR count). The number of amides is 1. The second kappa shape index (κ2) is 8.34. The first-order valence-corrected chi connectivity index (χ1v) is 12.9. The maximum absolute atomic E-state index is 13.4. The minimum Gasteiger partial charge on any atom is -0.306 e. The van der Waals surface area contributed by atoms with Gasteiger partial charge in [-0.2, -0.15) is 21.2 Å². The summed E-state index contributed by atoms with van der Waals surface area (Å²) in [6.45, 7) is 1.06. The molecule has 1 aromatic heterocycles. The molecule has 32 heavy (non-hydrogen) atoms. The van der Waals surface area contributed by atoms with Gasteiger partial charge in [0.15, 0.2) is 0 Å². The van der Waals surface area contributed by atoms with Crippen LogP contribution in [0.15, 0.2) is 53.4 Å². The van der Waals surface area contributed by atoms with Crippen molar-refractivity contribution in [3.8, 4) is 5.69 Å². The van der Waals surface area contributed by atoms with Crippen molar-refractivity contribution in [2.75, 3.05) is 18.4 Å². The quantitative estimate of drug-likeness (QED) is 0.611. The molecule has 3 heterocycles. The molecule has 2 aliphatic heterocycles. The van der Waals surface area contributed by atoms with Gasteiger partial charge < -0.3 is 5.32 Å². The van der Waals surface area contributed by atoms with Gasteiger partial charge in [-0.15, -0.1) is 0 Å². The molecule has 166 valence electrons. The van der Waals surface area contributed by atoms with Crippen molar-refractivity contribution in [1.82, 2.24) is 14.1 Å². The van der Waals surface area contributed by atoms with Crippen molar-refractivity contribution in [3.63, 3.8) is 0 Å². The number of aromatic nitrogens is 2. The maximum atomic E-state index is 13.4. The number of anilines is 1. The van der Waals surface area contributed by atoms with Gasteiger partial charge in [0.2, 0.25) is 10.0 Å². The SMILES string of the molecule is O=C(Nc1c2c(nn1-c1ccc(F)cc1)CSC2)c1ccc(S(=O)(=O)N2CCCC2)cc1. The Labute approximate surface area is 189 Å². The van der Waals surface area contributed by atoms with Crippen LogP contribution in [-0.2, 0) is 21.5 Å². The van der Waals surface area contributed by atoms with Crippen LogP contribution in [0.2, 0.25) is 0 Å². The van der Waals surface area contributed by atoms with E-state index in [1.54, 1.807) is 28.6 Å². The van der Waals surface area contributed by atoms with Gasteiger partial charge in [-0.05, 0) is 61.4 Å². The van der Waals surface area contributed by atoms with Crippen molar-refractivity contribution in [1.29, 1.82) is 0 Å². The van der Waals surface area contributed by atoms with E-state index in [4.69, 9.17) is 0 Å². The van der Waals surface area contributed by atoms with Crippen molar-refractivity contribution in [2.45, 2.75) is 29.2 Å². The minimum atomic E-state index is -3.53. The number of hydrogen-bond acceptors (Lipinski definition) is 5. The lowest BCUT2D eigenvalue weighted by Gasteiger charge is -2.15. The smallest absolute Gasteiger partial charge is 0.256 e. The molecular formula is C22H21FN4O3S2. The number of nitrogens with one attached hydrogen (secondary N) is 1. The number of fused-ring (bicyclic) bond motifs is 1. The number of halogens is 1. The van der Waals surface area contributed by atoms with Crippen LogP contribution < -0.4 is 5.32 Å². The van der Waals surface area contributed by atoms with E-state index >= 15 is 0 Å². The van der Waals surface area contributed by atoms with Crippen molar-refractivity contribution >= 4 is 33.5 Å². The Bertz CT molecular complexity index is 1270. The van der Waals surface area contributed by atoms with E-state index in [9.17, 15) is 17.6 Å². The van der Waals surface area contributed by atoms with Crippen LogP contribution in [-0.4, -0.2) is 41.5 Å². The van der Waals surface area contributed by atoms with E-state index in [1.165, 1.54) is 40.7 Å². The lowest BCUT2D eigenvalue weighted by Crippen LogP contribution is -2.27. The zero-order valence-corrected chi connectivity index (χ0v) is 18.8. The lowest BCUT2D eigenvalue weighted by molar-refractivity contribution is 0.102. The van der Waals surface area contributed by atoms with Gasteiger partial charge in [-0.3, -0.25) is 4.79 Å². The first-order valence-electron chi connectivity index (χ1n) is 10.3. The molecule has 2 aliphatic rings. The molecule has 0 saturated carbocycles. The molecule has 7 nitrogen and oxygen atoms in total. The van der Waals surface area contributed by atoms with E-state index in [-0.39, 0.29) is 16.6 Å². The normalized spacial score (nSPS) is 16.3. The molecule has 1 fully saturated rings. The third kappa shape index (κ3) is 3.82. The number of sulfonamides is 1. The molecule has 2 aromatic carbocycles. The molecule has 0 atom stereocenters. The molecule has 3 aromatic rings. The lowest BCUT2D eigenvalue weighted by atomic mass is 10.2. The summed E-state index contributed by atoms with van der Waals surface area (Å²) in [4.78, 5) is 13.2. The third-order valence-electron chi connectivity index (χ3n) is 5.67. The fourth-order valence-electron chi connectivity index (χ4n) is 3.95. The summed E-state index contributed by atoms with van der Waals surface area (Å²) in [7, 11) is -3.53. The molecule has 1 amide bonds. The van der Waals surface area contributed by atoms with Crippen molar-refractivity contribution in [3.05, 3.63) is 71.2 Å². The van der Waals surface area contributed by atoms with E-state index in [2.05, 4.69) is 10.4 Å². The molecular weight excluding hydrogens is 451 g/mol. The first-order chi connectivity index (χ1) is 15.4. The Hall–Kier alpha value is -2.69. The summed E-state index contributed by atoms with van der Waals surface area (Å²) in [5, 5.41) is 7.53. The number of hydrogen-bond donors (Lipinski definition) is 1. The number of carbonyl (C=O) groups excluding carboxylic acids is 1. The summed E-state index contributed by atoms with van der Waals surface area (Å²) >= 11 is 1.71. The maximum Gasteiger partial charge on any atom is 0.256 e. The van der Waals surface area contributed by atoms with Crippen LogP contribution in [0.25, 0.3) is 5.69 Å². The van der Waals surface area contributed by atoms with Gasteiger partial charge >= 0.3 is 0 Å². The summed E-state index contributed by atoms with van der Waals surface area (Å²) in [6.07, 6.45) is 1.73. The molecule has 1 saturated heterocycles. The number of nitrogens with zero attached hydrogens (tertiary/aromatic N) is 3. The van der Waals surface area contributed by atoms with Crippen LogP contribution in [0.1, 0.15) is 34.5 Å². The van der Waals surface area contributed by atoms with Crippen LogP contribution >= 0.6 is 11.8 Å². The average Bonchev–Trinajstić information content (AvgIpc) is 3.54. The molecule has 0 spiro atoms. The van der Waals surface area contributed by atoms with E-state index < -0.39 is 10.0 Å². The summed E-state index contributed by atoms with van der Waals surface area (Å²) < 4.78 is 41.9. The zero-order valence-electron chi connectivity index (χ0n) is 17.1. The van der Waals surface area contributed by atoms with Crippen LogP contribution in [0.4, 0.5) is 10.2 Å². The number of thioether (sulfide) groups is 1. The third-order valence-corrected chi connectivity index (χ3v) is 8.56. The molecule has 0 bridgehead atoms. The van der Waals surface area contributed by atoms with Crippen LogP contribution in [0.3, 0.4) is 0 Å². The van der Waals surface area contributed by atoms with Gasteiger partial charge in [0, 0.05) is 35.7 Å².